The summed E-state index contributed by atoms with van der Waals surface area (Å²) in [5.41, 5.74) is -0.923. The summed E-state index contributed by atoms with van der Waals surface area (Å²) in [6.45, 7) is 3.85. The van der Waals surface area contributed by atoms with E-state index in [1.54, 1.807) is 13.8 Å². The molecule has 33 heavy (non-hydrogen) atoms. The van der Waals surface area contributed by atoms with Crippen LogP contribution in [0.2, 0.25) is 0 Å². The number of alkyl halides is 3. The van der Waals surface area contributed by atoms with Crippen LogP contribution in [0.5, 0.6) is 0 Å². The highest BCUT2D eigenvalue weighted by molar-refractivity contribution is 7.89. The van der Waals surface area contributed by atoms with Crippen molar-refractivity contribution in [3.63, 3.8) is 0 Å². The molecule has 2 amide bonds. The Hall–Kier alpha value is -2.34. The lowest BCUT2D eigenvalue weighted by molar-refractivity contribution is -0.137. The van der Waals surface area contributed by atoms with Crippen molar-refractivity contribution in [3.8, 4) is 0 Å². The zero-order valence-corrected chi connectivity index (χ0v) is 19.4. The smallest absolute Gasteiger partial charge is 0.416 e. The van der Waals surface area contributed by atoms with Crippen molar-refractivity contribution < 1.29 is 36.3 Å². The van der Waals surface area contributed by atoms with Gasteiger partial charge in [0.05, 0.1) is 10.5 Å². The normalized spacial score (nSPS) is 24.5. The molecule has 2 aliphatic rings. The molecule has 1 aliphatic carbocycles. The Bertz CT molecular complexity index is 997. The average Bonchev–Trinajstić information content (AvgIpc) is 3.29. The first-order valence-corrected chi connectivity index (χ1v) is 12.1. The molecule has 0 radical (unpaired) electrons. The number of sulfonamides is 1. The summed E-state index contributed by atoms with van der Waals surface area (Å²) in [5.74, 6) is -0.830. The summed E-state index contributed by atoms with van der Waals surface area (Å²) in [7, 11) is -2.65. The third kappa shape index (κ3) is 5.11. The summed E-state index contributed by atoms with van der Waals surface area (Å²) in [5, 5.41) is 12.2. The third-order valence-corrected chi connectivity index (χ3v) is 8.44. The fourth-order valence-corrected chi connectivity index (χ4v) is 6.41. The van der Waals surface area contributed by atoms with Crippen molar-refractivity contribution in [2.45, 2.75) is 49.8 Å². The lowest BCUT2D eigenvalue weighted by Gasteiger charge is -2.30. The minimum absolute atomic E-state index is 0.00854. The molecule has 0 spiro atoms. The van der Waals surface area contributed by atoms with Crippen LogP contribution >= 0.6 is 0 Å². The Morgan fingerprint density at radius 2 is 1.76 bits per heavy atom. The van der Waals surface area contributed by atoms with Gasteiger partial charge in [-0.15, -0.1) is 0 Å². The van der Waals surface area contributed by atoms with Gasteiger partial charge < -0.3 is 10.4 Å². The third-order valence-electron chi connectivity index (χ3n) is 6.59. The predicted molar refractivity (Wildman–Crippen MR) is 113 cm³/mol. The number of halogens is 3. The van der Waals surface area contributed by atoms with Crippen LogP contribution in [0.25, 0.3) is 0 Å². The van der Waals surface area contributed by atoms with Gasteiger partial charge in [-0.3, -0.25) is 9.69 Å². The first-order valence-electron chi connectivity index (χ1n) is 10.7. The maximum absolute atomic E-state index is 13.0. The van der Waals surface area contributed by atoms with Crippen LogP contribution in [-0.2, 0) is 21.0 Å². The molecule has 1 aromatic carbocycles. The molecule has 1 saturated heterocycles. The highest BCUT2D eigenvalue weighted by Gasteiger charge is 2.47. The summed E-state index contributed by atoms with van der Waals surface area (Å²) in [6.07, 6.45) is -4.43. The van der Waals surface area contributed by atoms with E-state index in [1.165, 1.54) is 11.4 Å². The minimum Gasteiger partial charge on any atom is -0.465 e. The highest BCUT2D eigenvalue weighted by Crippen LogP contribution is 2.40. The van der Waals surface area contributed by atoms with E-state index in [0.717, 1.165) is 29.2 Å². The van der Waals surface area contributed by atoms with Crippen molar-refractivity contribution >= 4 is 22.0 Å². The molecule has 2 fully saturated rings. The Kier molecular flexibility index (Phi) is 6.99. The Morgan fingerprint density at radius 1 is 1.15 bits per heavy atom. The summed E-state index contributed by atoms with van der Waals surface area (Å²) < 4.78 is 65.6. The molecular formula is C21H28F3N3O5S. The van der Waals surface area contributed by atoms with Crippen LogP contribution in [0, 0.1) is 17.8 Å². The molecule has 12 heteroatoms. The van der Waals surface area contributed by atoms with Crippen LogP contribution in [0.15, 0.2) is 29.2 Å². The zero-order chi connectivity index (χ0) is 24.7. The number of rotatable bonds is 6. The van der Waals surface area contributed by atoms with Crippen molar-refractivity contribution in [2.24, 2.45) is 17.8 Å². The van der Waals surface area contributed by atoms with Crippen LogP contribution in [0.4, 0.5) is 18.0 Å². The molecule has 1 unspecified atom stereocenters. The molecule has 1 saturated carbocycles. The van der Waals surface area contributed by atoms with Crippen LogP contribution in [-0.4, -0.2) is 67.0 Å². The molecule has 8 nitrogen and oxygen atoms in total. The number of nitrogens with zero attached hydrogens (tertiary/aromatic N) is 2. The van der Waals surface area contributed by atoms with Gasteiger partial charge in [-0.2, -0.15) is 17.5 Å². The Labute approximate surface area is 190 Å². The fourth-order valence-electron chi connectivity index (χ4n) is 4.88. The van der Waals surface area contributed by atoms with Gasteiger partial charge >= 0.3 is 12.3 Å². The van der Waals surface area contributed by atoms with Gasteiger partial charge in [-0.1, -0.05) is 13.8 Å². The number of nitrogens with one attached hydrogen (secondary N) is 1. The molecule has 0 bridgehead atoms. The molecule has 3 rings (SSSR count). The van der Waals surface area contributed by atoms with Gasteiger partial charge in [0.1, 0.15) is 6.04 Å². The van der Waals surface area contributed by atoms with Crippen LogP contribution in [0.1, 0.15) is 32.3 Å². The second-order valence-corrected chi connectivity index (χ2v) is 11.0. The molecule has 2 N–H and O–H groups in total. The number of benzene rings is 1. The van der Waals surface area contributed by atoms with E-state index >= 15 is 0 Å². The lowest BCUT2D eigenvalue weighted by atomic mass is 9.96. The molecule has 1 heterocycles. The number of amides is 2. The quantitative estimate of drug-likeness (QED) is 0.637. The number of fused-ring (bicyclic) bond motifs is 1. The van der Waals surface area contributed by atoms with E-state index in [0.29, 0.717) is 12.8 Å². The fraction of sp³-hybridized carbons (Fsp3) is 0.619. The van der Waals surface area contributed by atoms with E-state index in [2.05, 4.69) is 5.32 Å². The second kappa shape index (κ2) is 9.13. The standard InChI is InChI=1S/C21H28F3N3O5S/c1-12(2)18(26(3)20(29)30)19(28)25-17-9-4-13-10-27(11-16(13)17)33(31,32)15-7-5-14(6-8-15)21(22,23)24/h5-8,12-13,16-18H,4,9-11H2,1-3H3,(H,25,28)(H,29,30)/t13-,16+,17+,18?/m0/s1. The van der Waals surface area contributed by atoms with E-state index in [9.17, 15) is 36.3 Å². The number of likely N-dealkylation sites (N-methyl/N-ethyl adjacent to an activating group) is 1. The highest BCUT2D eigenvalue weighted by atomic mass is 32.2. The maximum atomic E-state index is 13.0. The van der Waals surface area contributed by atoms with Gasteiger partial charge in [0.25, 0.3) is 0 Å². The molecule has 0 aromatic heterocycles. The molecule has 1 aliphatic heterocycles. The first kappa shape index (κ1) is 25.3. The number of carboxylic acid groups (broad SMARTS) is 1. The van der Waals surface area contributed by atoms with Crippen LogP contribution in [0.3, 0.4) is 0 Å². The summed E-state index contributed by atoms with van der Waals surface area (Å²) in [6, 6.07) is 2.23. The number of carbonyl (C=O) groups is 2. The second-order valence-electron chi connectivity index (χ2n) is 9.04. The Morgan fingerprint density at radius 3 is 2.27 bits per heavy atom. The summed E-state index contributed by atoms with van der Waals surface area (Å²) >= 11 is 0. The monoisotopic (exact) mass is 491 g/mol. The van der Waals surface area contributed by atoms with Gasteiger partial charge in [-0.25, -0.2) is 13.2 Å². The van der Waals surface area contributed by atoms with E-state index in [4.69, 9.17) is 0 Å². The SMILES string of the molecule is CC(C)C(C(=O)N[C@@H]1CC[C@H]2CN(S(=O)(=O)c3ccc(C(F)(F)F)cc3)C[C@H]21)N(C)C(=O)O. The topological polar surface area (TPSA) is 107 Å². The zero-order valence-electron chi connectivity index (χ0n) is 18.5. The van der Waals surface area contributed by atoms with E-state index < -0.39 is 39.8 Å². The molecule has 4 atom stereocenters. The van der Waals surface area contributed by atoms with Crippen LogP contribution < -0.4 is 5.32 Å². The number of hydrogen-bond acceptors (Lipinski definition) is 4. The van der Waals surface area contributed by atoms with Crippen molar-refractivity contribution in [1.29, 1.82) is 0 Å². The van der Waals surface area contributed by atoms with Gasteiger partial charge in [0.15, 0.2) is 0 Å². The average molecular weight is 492 g/mol. The summed E-state index contributed by atoms with van der Waals surface area (Å²) in [4.78, 5) is 24.9. The number of carbonyl (C=O) groups excluding carboxylic acids is 1. The van der Waals surface area contributed by atoms with Gasteiger partial charge in [0.2, 0.25) is 15.9 Å². The lowest BCUT2D eigenvalue weighted by Crippen LogP contribution is -2.53. The van der Waals surface area contributed by atoms with Crippen molar-refractivity contribution in [1.82, 2.24) is 14.5 Å². The van der Waals surface area contributed by atoms with E-state index in [1.807, 2.05) is 0 Å². The first-order chi connectivity index (χ1) is 15.2. The maximum Gasteiger partial charge on any atom is 0.416 e. The molecule has 1 aromatic rings. The minimum atomic E-state index is -4.55. The Balaban J connectivity index is 1.71. The largest absolute Gasteiger partial charge is 0.465 e. The predicted octanol–water partition coefficient (Wildman–Crippen LogP) is 2.86. The number of hydrogen-bond donors (Lipinski definition) is 2. The van der Waals surface area contributed by atoms with Gasteiger partial charge in [-0.05, 0) is 54.9 Å². The van der Waals surface area contributed by atoms with E-state index in [-0.39, 0.29) is 41.8 Å². The van der Waals surface area contributed by atoms with Crippen molar-refractivity contribution in [2.75, 3.05) is 20.1 Å². The van der Waals surface area contributed by atoms with Gasteiger partial charge in [0, 0.05) is 26.2 Å². The van der Waals surface area contributed by atoms with Crippen molar-refractivity contribution in [3.05, 3.63) is 29.8 Å². The molecule has 184 valence electrons. The molecular weight excluding hydrogens is 463 g/mol.